The number of para-hydroxylation sites is 1. The van der Waals surface area contributed by atoms with Crippen molar-refractivity contribution in [1.82, 2.24) is 14.8 Å². The number of benzene rings is 1. The molecule has 180 valence electrons. The quantitative estimate of drug-likeness (QED) is 0.422. The predicted octanol–water partition coefficient (Wildman–Crippen LogP) is 4.72. The van der Waals surface area contributed by atoms with E-state index in [9.17, 15) is 9.59 Å². The highest BCUT2D eigenvalue weighted by Gasteiger charge is 2.32. The fourth-order valence-electron chi connectivity index (χ4n) is 5.21. The summed E-state index contributed by atoms with van der Waals surface area (Å²) in [5.41, 5.74) is 1.90. The minimum Gasteiger partial charge on any atom is -0.376 e. The molecular formula is C26H31N3O3S2. The molecule has 0 radical (unpaired) electrons. The van der Waals surface area contributed by atoms with Gasteiger partial charge in [0.05, 0.1) is 11.0 Å². The van der Waals surface area contributed by atoms with Crippen molar-refractivity contribution < 1.29 is 14.3 Å². The van der Waals surface area contributed by atoms with Crippen LogP contribution in [-0.4, -0.2) is 51.4 Å². The zero-order valence-corrected chi connectivity index (χ0v) is 21.0. The number of nitrogens with one attached hydrogen (secondary N) is 1. The molecule has 6 nitrogen and oxygen atoms in total. The van der Waals surface area contributed by atoms with Gasteiger partial charge >= 0.3 is 0 Å². The molecule has 1 aromatic heterocycles. The third-order valence-electron chi connectivity index (χ3n) is 7.08. The van der Waals surface area contributed by atoms with Crippen LogP contribution in [-0.2, 0) is 20.9 Å². The molecule has 0 bridgehead atoms. The summed E-state index contributed by atoms with van der Waals surface area (Å²) in [6.45, 7) is 2.26. The van der Waals surface area contributed by atoms with Crippen LogP contribution in [0.1, 0.15) is 50.5 Å². The van der Waals surface area contributed by atoms with Crippen molar-refractivity contribution in [2.75, 3.05) is 19.7 Å². The van der Waals surface area contributed by atoms with Gasteiger partial charge in [0.1, 0.15) is 10.9 Å². The van der Waals surface area contributed by atoms with E-state index in [1.54, 1.807) is 4.90 Å². The Hall–Kier alpha value is -2.16. The molecule has 8 heteroatoms. The van der Waals surface area contributed by atoms with Crippen LogP contribution in [0.5, 0.6) is 0 Å². The second-order valence-electron chi connectivity index (χ2n) is 9.44. The molecule has 2 aliphatic heterocycles. The predicted molar refractivity (Wildman–Crippen MR) is 140 cm³/mol. The molecule has 1 aromatic carbocycles. The standard InChI is InChI=1S/C26H31N3O3S2/c30-24(27-15-20-8-5-13-32-20)17-28-16-19(21-9-3-4-10-22(21)28)14-23-25(31)29(26(33)34-23)12-11-18-6-1-2-7-18/h3-4,9-10,14,16,18,20H,1-2,5-8,11-13,15,17H2,(H,27,30)/b23-14-/t20-/m1/s1. The molecule has 5 rings (SSSR count). The fraction of sp³-hybridized carbons (Fsp3) is 0.500. The van der Waals surface area contributed by atoms with Gasteiger partial charge in [-0.05, 0) is 37.3 Å². The lowest BCUT2D eigenvalue weighted by Crippen LogP contribution is -2.34. The number of ether oxygens (including phenoxy) is 1. The summed E-state index contributed by atoms with van der Waals surface area (Å²) in [7, 11) is 0. The van der Waals surface area contributed by atoms with Crippen molar-refractivity contribution in [2.24, 2.45) is 5.92 Å². The Bertz CT molecular complexity index is 1110. The Morgan fingerprint density at radius 3 is 2.82 bits per heavy atom. The van der Waals surface area contributed by atoms with Crippen LogP contribution in [0.4, 0.5) is 0 Å². The number of fused-ring (bicyclic) bond motifs is 1. The van der Waals surface area contributed by atoms with Crippen LogP contribution in [0.25, 0.3) is 17.0 Å². The first-order valence-electron chi connectivity index (χ1n) is 12.3. The molecule has 3 aliphatic rings. The SMILES string of the molecule is O=C(Cn1cc(/C=C2\SC(=S)N(CCC3CCCC3)C2=O)c2ccccc21)NC[C@H]1CCCO1. The molecule has 2 aromatic rings. The summed E-state index contributed by atoms with van der Waals surface area (Å²) >= 11 is 6.92. The lowest BCUT2D eigenvalue weighted by atomic mass is 10.0. The number of amides is 2. The molecule has 2 amide bonds. The molecule has 2 saturated heterocycles. The fourth-order valence-corrected chi connectivity index (χ4v) is 6.51. The van der Waals surface area contributed by atoms with E-state index < -0.39 is 0 Å². The number of carbonyl (C=O) groups excluding carboxylic acids is 2. The lowest BCUT2D eigenvalue weighted by molar-refractivity contribution is -0.123. The Morgan fingerprint density at radius 2 is 2.03 bits per heavy atom. The van der Waals surface area contributed by atoms with Crippen molar-refractivity contribution in [3.05, 3.63) is 40.9 Å². The summed E-state index contributed by atoms with van der Waals surface area (Å²) in [6, 6.07) is 7.99. The number of nitrogens with zero attached hydrogens (tertiary/aromatic N) is 2. The first-order valence-corrected chi connectivity index (χ1v) is 13.5. The number of carbonyl (C=O) groups is 2. The topological polar surface area (TPSA) is 63.6 Å². The average molecular weight is 498 g/mol. The van der Waals surface area contributed by atoms with E-state index in [1.807, 2.05) is 41.1 Å². The number of thioether (sulfide) groups is 1. The smallest absolute Gasteiger partial charge is 0.266 e. The van der Waals surface area contributed by atoms with Gasteiger partial charge in [0.25, 0.3) is 5.91 Å². The maximum atomic E-state index is 13.1. The summed E-state index contributed by atoms with van der Waals surface area (Å²) in [5.74, 6) is 0.679. The number of hydrogen-bond donors (Lipinski definition) is 1. The summed E-state index contributed by atoms with van der Waals surface area (Å²) in [4.78, 5) is 28.1. The van der Waals surface area contributed by atoms with Gasteiger partial charge in [0.15, 0.2) is 0 Å². The molecular weight excluding hydrogens is 466 g/mol. The molecule has 3 fully saturated rings. The van der Waals surface area contributed by atoms with Gasteiger partial charge in [-0.1, -0.05) is 67.9 Å². The van der Waals surface area contributed by atoms with Gasteiger partial charge in [-0.2, -0.15) is 0 Å². The van der Waals surface area contributed by atoms with Gasteiger partial charge in [-0.25, -0.2) is 0 Å². The Balaban J connectivity index is 1.30. The molecule has 0 spiro atoms. The minimum atomic E-state index is -0.0407. The molecule has 34 heavy (non-hydrogen) atoms. The monoisotopic (exact) mass is 497 g/mol. The normalized spacial score (nSPS) is 22.5. The Kier molecular flexibility index (Phi) is 7.37. The van der Waals surface area contributed by atoms with Crippen LogP contribution < -0.4 is 5.32 Å². The zero-order valence-electron chi connectivity index (χ0n) is 19.3. The van der Waals surface area contributed by atoms with Crippen molar-refractivity contribution in [3.63, 3.8) is 0 Å². The number of thiocarbonyl (C=S) groups is 1. The van der Waals surface area contributed by atoms with Crippen molar-refractivity contribution in [1.29, 1.82) is 0 Å². The van der Waals surface area contributed by atoms with Crippen LogP contribution in [0.2, 0.25) is 0 Å². The number of hydrogen-bond acceptors (Lipinski definition) is 5. The van der Waals surface area contributed by atoms with E-state index in [0.29, 0.717) is 22.3 Å². The van der Waals surface area contributed by atoms with E-state index in [4.69, 9.17) is 17.0 Å². The van der Waals surface area contributed by atoms with Crippen molar-refractivity contribution >= 4 is 57.1 Å². The lowest BCUT2D eigenvalue weighted by Gasteiger charge is -2.17. The first-order chi connectivity index (χ1) is 16.6. The largest absolute Gasteiger partial charge is 0.376 e. The number of rotatable bonds is 8. The number of aromatic nitrogens is 1. The van der Waals surface area contributed by atoms with Crippen LogP contribution in [0, 0.1) is 5.92 Å². The van der Waals surface area contributed by atoms with Gasteiger partial charge in [0, 0.05) is 42.4 Å². The highest BCUT2D eigenvalue weighted by atomic mass is 32.2. The van der Waals surface area contributed by atoms with Crippen molar-refractivity contribution in [2.45, 2.75) is 57.6 Å². The Labute approximate surface area is 210 Å². The Morgan fingerprint density at radius 1 is 1.21 bits per heavy atom. The summed E-state index contributed by atoms with van der Waals surface area (Å²) in [6.07, 6.45) is 12.2. The van der Waals surface area contributed by atoms with E-state index >= 15 is 0 Å². The van der Waals surface area contributed by atoms with Gasteiger partial charge in [-0.3, -0.25) is 14.5 Å². The molecule has 1 atom stereocenters. The maximum absolute atomic E-state index is 13.1. The third kappa shape index (κ3) is 5.24. The minimum absolute atomic E-state index is 0.000801. The first kappa shape index (κ1) is 23.6. The molecule has 0 unspecified atom stereocenters. The second kappa shape index (κ2) is 10.6. The molecule has 1 aliphatic carbocycles. The van der Waals surface area contributed by atoms with E-state index in [0.717, 1.165) is 48.3 Å². The zero-order chi connectivity index (χ0) is 23.5. The van der Waals surface area contributed by atoms with Gasteiger partial charge in [-0.15, -0.1) is 0 Å². The molecule has 1 saturated carbocycles. The maximum Gasteiger partial charge on any atom is 0.266 e. The second-order valence-corrected chi connectivity index (χ2v) is 11.1. The summed E-state index contributed by atoms with van der Waals surface area (Å²) in [5, 5.41) is 4.01. The van der Waals surface area contributed by atoms with Crippen LogP contribution >= 0.6 is 24.0 Å². The van der Waals surface area contributed by atoms with Crippen LogP contribution in [0.3, 0.4) is 0 Å². The van der Waals surface area contributed by atoms with E-state index in [2.05, 4.69) is 5.32 Å². The molecule has 3 heterocycles. The third-order valence-corrected chi connectivity index (χ3v) is 8.46. The van der Waals surface area contributed by atoms with Gasteiger partial charge < -0.3 is 14.6 Å². The van der Waals surface area contributed by atoms with Crippen molar-refractivity contribution in [3.8, 4) is 0 Å². The highest BCUT2D eigenvalue weighted by molar-refractivity contribution is 8.26. The van der Waals surface area contributed by atoms with E-state index in [1.165, 1.54) is 37.4 Å². The highest BCUT2D eigenvalue weighted by Crippen LogP contribution is 2.36. The van der Waals surface area contributed by atoms with E-state index in [-0.39, 0.29) is 24.5 Å². The average Bonchev–Trinajstić information content (AvgIpc) is 3.63. The molecule has 1 N–H and O–H groups in total. The summed E-state index contributed by atoms with van der Waals surface area (Å²) < 4.78 is 8.19. The van der Waals surface area contributed by atoms with Crippen LogP contribution in [0.15, 0.2) is 35.4 Å². The van der Waals surface area contributed by atoms with Gasteiger partial charge in [0.2, 0.25) is 5.91 Å².